The van der Waals surface area contributed by atoms with Gasteiger partial charge in [0.05, 0.1) is 4.92 Å². The Labute approximate surface area is 123 Å². The smallest absolute Gasteiger partial charge is 0.292 e. The summed E-state index contributed by atoms with van der Waals surface area (Å²) in [5, 5.41) is 10.9. The topological polar surface area (TPSA) is 115 Å². The lowest BCUT2D eigenvalue weighted by atomic mass is 9.93. The molecular formula is C14H20N4O3. The van der Waals surface area contributed by atoms with Gasteiger partial charge in [-0.2, -0.15) is 0 Å². The van der Waals surface area contributed by atoms with Crippen LogP contribution in [0.2, 0.25) is 0 Å². The monoisotopic (exact) mass is 292 g/mol. The van der Waals surface area contributed by atoms with E-state index in [0.29, 0.717) is 18.9 Å². The summed E-state index contributed by atoms with van der Waals surface area (Å²) in [6.45, 7) is 2.40. The van der Waals surface area contributed by atoms with Crippen LogP contribution < -0.4 is 11.5 Å². The highest BCUT2D eigenvalue weighted by Crippen LogP contribution is 2.25. The maximum absolute atomic E-state index is 10.9. The second-order valence-electron chi connectivity index (χ2n) is 5.54. The molecule has 0 spiro atoms. The molecule has 0 bridgehead atoms. The number of nitrogens with zero attached hydrogens (tertiary/aromatic N) is 2. The summed E-state index contributed by atoms with van der Waals surface area (Å²) in [5.41, 5.74) is 11.8. The van der Waals surface area contributed by atoms with Crippen molar-refractivity contribution in [2.45, 2.75) is 25.8 Å². The van der Waals surface area contributed by atoms with Crippen LogP contribution in [0.3, 0.4) is 0 Å². The first-order chi connectivity index (χ1) is 9.95. The van der Waals surface area contributed by atoms with Gasteiger partial charge >= 0.3 is 0 Å². The number of carbonyl (C=O) groups excluding carboxylic acids is 1. The molecule has 1 heterocycles. The SMILES string of the molecule is NC(=O)CC1CCN(Cc2ccc(N)c([N+](=O)[O-])c2)CC1. The Morgan fingerprint density at radius 2 is 2.05 bits per heavy atom. The number of amides is 1. The molecular weight excluding hydrogens is 272 g/mol. The number of hydrogen-bond donors (Lipinski definition) is 2. The zero-order valence-electron chi connectivity index (χ0n) is 11.8. The van der Waals surface area contributed by atoms with Crippen LogP contribution in [0.25, 0.3) is 0 Å². The average molecular weight is 292 g/mol. The minimum atomic E-state index is -0.460. The van der Waals surface area contributed by atoms with Crippen molar-refractivity contribution in [2.75, 3.05) is 18.8 Å². The molecule has 114 valence electrons. The number of hydrogen-bond acceptors (Lipinski definition) is 5. The van der Waals surface area contributed by atoms with Gasteiger partial charge in [-0.15, -0.1) is 0 Å². The first-order valence-corrected chi connectivity index (χ1v) is 6.99. The standard InChI is InChI=1S/C14H20N4O3/c15-12-2-1-11(7-13(12)18(20)21)9-17-5-3-10(4-6-17)8-14(16)19/h1-2,7,10H,3-6,8-9,15H2,(H2,16,19). The zero-order valence-corrected chi connectivity index (χ0v) is 11.8. The van der Waals surface area contributed by atoms with Gasteiger partial charge in [-0.25, -0.2) is 0 Å². The van der Waals surface area contributed by atoms with Crippen LogP contribution in [0.4, 0.5) is 11.4 Å². The van der Waals surface area contributed by atoms with Crippen LogP contribution in [0.1, 0.15) is 24.8 Å². The van der Waals surface area contributed by atoms with Crippen LogP contribution in [0, 0.1) is 16.0 Å². The molecule has 0 radical (unpaired) electrons. The molecule has 1 aromatic rings. The Kier molecular flexibility index (Phi) is 4.74. The molecule has 1 aliphatic heterocycles. The highest BCUT2D eigenvalue weighted by atomic mass is 16.6. The van der Waals surface area contributed by atoms with Crippen molar-refractivity contribution < 1.29 is 9.72 Å². The van der Waals surface area contributed by atoms with Gasteiger partial charge in [0.15, 0.2) is 0 Å². The minimum Gasteiger partial charge on any atom is -0.393 e. The lowest BCUT2D eigenvalue weighted by molar-refractivity contribution is -0.384. The van der Waals surface area contributed by atoms with Gasteiger partial charge in [0.25, 0.3) is 5.69 Å². The molecule has 7 nitrogen and oxygen atoms in total. The van der Waals surface area contributed by atoms with Crippen LogP contribution in [-0.4, -0.2) is 28.8 Å². The van der Waals surface area contributed by atoms with Crippen molar-refractivity contribution in [1.82, 2.24) is 4.90 Å². The number of rotatable bonds is 5. The number of piperidine rings is 1. The average Bonchev–Trinajstić information content (AvgIpc) is 2.42. The lowest BCUT2D eigenvalue weighted by Crippen LogP contribution is -2.34. The number of nitrogens with two attached hydrogens (primary N) is 2. The Bertz CT molecular complexity index is 539. The number of benzene rings is 1. The Morgan fingerprint density at radius 1 is 1.38 bits per heavy atom. The first kappa shape index (κ1) is 15.2. The molecule has 1 aliphatic rings. The van der Waals surface area contributed by atoms with Gasteiger partial charge in [-0.1, -0.05) is 6.07 Å². The van der Waals surface area contributed by atoms with Crippen molar-refractivity contribution in [1.29, 1.82) is 0 Å². The maximum atomic E-state index is 10.9. The third kappa shape index (κ3) is 4.16. The maximum Gasteiger partial charge on any atom is 0.292 e. The van der Waals surface area contributed by atoms with E-state index >= 15 is 0 Å². The van der Waals surface area contributed by atoms with Gasteiger partial charge in [0.2, 0.25) is 5.91 Å². The number of nitrogen functional groups attached to an aromatic ring is 1. The molecule has 4 N–H and O–H groups in total. The van der Waals surface area contributed by atoms with Crippen molar-refractivity contribution in [2.24, 2.45) is 11.7 Å². The number of nitro groups is 1. The van der Waals surface area contributed by atoms with Crippen LogP contribution in [0.5, 0.6) is 0 Å². The fourth-order valence-corrected chi connectivity index (χ4v) is 2.74. The third-order valence-electron chi connectivity index (χ3n) is 3.89. The first-order valence-electron chi connectivity index (χ1n) is 6.99. The highest BCUT2D eigenvalue weighted by molar-refractivity contribution is 5.74. The lowest BCUT2D eigenvalue weighted by Gasteiger charge is -2.31. The number of primary amides is 1. The van der Waals surface area contributed by atoms with Crippen molar-refractivity contribution in [3.63, 3.8) is 0 Å². The molecule has 0 aromatic heterocycles. The largest absolute Gasteiger partial charge is 0.393 e. The summed E-state index contributed by atoms with van der Waals surface area (Å²) >= 11 is 0. The number of anilines is 1. The zero-order chi connectivity index (χ0) is 15.4. The molecule has 7 heteroatoms. The van der Waals surface area contributed by atoms with Crippen molar-refractivity contribution in [3.05, 3.63) is 33.9 Å². The van der Waals surface area contributed by atoms with E-state index in [1.165, 1.54) is 6.07 Å². The summed E-state index contributed by atoms with van der Waals surface area (Å²) in [6.07, 6.45) is 2.31. The molecule has 1 aromatic carbocycles. The molecule has 1 fully saturated rings. The Hall–Kier alpha value is -2.15. The number of nitro benzene ring substituents is 1. The predicted molar refractivity (Wildman–Crippen MR) is 79.3 cm³/mol. The molecule has 0 aliphatic carbocycles. The van der Waals surface area contributed by atoms with E-state index in [1.54, 1.807) is 6.07 Å². The van der Waals surface area contributed by atoms with Gasteiger partial charge in [0, 0.05) is 19.0 Å². The van der Waals surface area contributed by atoms with Crippen molar-refractivity contribution >= 4 is 17.3 Å². The van der Waals surface area contributed by atoms with E-state index in [2.05, 4.69) is 4.90 Å². The minimum absolute atomic E-state index is 0.0453. The van der Waals surface area contributed by atoms with E-state index in [9.17, 15) is 14.9 Å². The van der Waals surface area contributed by atoms with Crippen molar-refractivity contribution in [3.8, 4) is 0 Å². The molecule has 2 rings (SSSR count). The van der Waals surface area contributed by atoms with E-state index in [1.807, 2.05) is 6.07 Å². The van der Waals surface area contributed by atoms with Gasteiger partial charge < -0.3 is 11.5 Å². The Balaban J connectivity index is 1.93. The summed E-state index contributed by atoms with van der Waals surface area (Å²) in [7, 11) is 0. The van der Waals surface area contributed by atoms with E-state index in [4.69, 9.17) is 11.5 Å². The molecule has 1 saturated heterocycles. The van der Waals surface area contributed by atoms with E-state index in [0.717, 1.165) is 31.5 Å². The van der Waals surface area contributed by atoms with E-state index in [-0.39, 0.29) is 17.3 Å². The fraction of sp³-hybridized carbons (Fsp3) is 0.500. The van der Waals surface area contributed by atoms with Gasteiger partial charge in [-0.3, -0.25) is 19.8 Å². The molecule has 0 saturated carbocycles. The number of likely N-dealkylation sites (tertiary alicyclic amines) is 1. The predicted octanol–water partition coefficient (Wildman–Crippen LogP) is 1.26. The summed E-state index contributed by atoms with van der Waals surface area (Å²) in [4.78, 5) is 23.6. The van der Waals surface area contributed by atoms with Gasteiger partial charge in [0.1, 0.15) is 5.69 Å². The normalized spacial score (nSPS) is 16.8. The van der Waals surface area contributed by atoms with Crippen LogP contribution >= 0.6 is 0 Å². The summed E-state index contributed by atoms with van der Waals surface area (Å²) < 4.78 is 0. The quantitative estimate of drug-likeness (QED) is 0.481. The second kappa shape index (κ2) is 6.53. The highest BCUT2D eigenvalue weighted by Gasteiger charge is 2.21. The Morgan fingerprint density at radius 3 is 2.62 bits per heavy atom. The van der Waals surface area contributed by atoms with E-state index < -0.39 is 4.92 Å². The van der Waals surface area contributed by atoms with Crippen LogP contribution in [0.15, 0.2) is 18.2 Å². The summed E-state index contributed by atoms with van der Waals surface area (Å²) in [6, 6.07) is 4.93. The molecule has 21 heavy (non-hydrogen) atoms. The molecule has 0 atom stereocenters. The second-order valence-corrected chi connectivity index (χ2v) is 5.54. The molecule has 1 amide bonds. The third-order valence-corrected chi connectivity index (χ3v) is 3.89. The molecule has 0 unspecified atom stereocenters. The van der Waals surface area contributed by atoms with Gasteiger partial charge in [-0.05, 0) is 43.5 Å². The number of carbonyl (C=O) groups is 1. The fourth-order valence-electron chi connectivity index (χ4n) is 2.74. The summed E-state index contributed by atoms with van der Waals surface area (Å²) in [5.74, 6) is 0.113. The van der Waals surface area contributed by atoms with Crippen LogP contribution in [-0.2, 0) is 11.3 Å².